The van der Waals surface area contributed by atoms with Crippen LogP contribution in [0.25, 0.3) is 0 Å². The summed E-state index contributed by atoms with van der Waals surface area (Å²) in [5.41, 5.74) is 0.322. The fourth-order valence-electron chi connectivity index (χ4n) is 5.42. The number of ether oxygens (including phenoxy) is 3. The molecule has 0 saturated carbocycles. The molecule has 32 heavy (non-hydrogen) atoms. The summed E-state index contributed by atoms with van der Waals surface area (Å²) in [4.78, 5) is 7.72. The van der Waals surface area contributed by atoms with E-state index in [9.17, 15) is 0 Å². The van der Waals surface area contributed by atoms with Crippen molar-refractivity contribution >= 4 is 0 Å². The molecule has 3 saturated heterocycles. The van der Waals surface area contributed by atoms with E-state index < -0.39 is 0 Å². The van der Waals surface area contributed by atoms with Crippen molar-refractivity contribution in [1.82, 2.24) is 14.7 Å². The molecular weight excluding hydrogens is 402 g/mol. The second kappa shape index (κ2) is 10.6. The normalized spacial score (nSPS) is 34.9. The average Bonchev–Trinajstić information content (AvgIpc) is 2.66. The van der Waals surface area contributed by atoms with E-state index in [1.807, 2.05) is 0 Å². The monoisotopic (exact) mass is 453 g/mol. The zero-order chi connectivity index (χ0) is 23.7. The highest BCUT2D eigenvalue weighted by molar-refractivity contribution is 4.91. The van der Waals surface area contributed by atoms with Gasteiger partial charge in [0.2, 0.25) is 0 Å². The molecule has 0 aromatic carbocycles. The summed E-state index contributed by atoms with van der Waals surface area (Å²) in [6.07, 6.45) is 3.13. The minimum Gasteiger partial charge on any atom is -0.375 e. The van der Waals surface area contributed by atoms with Crippen LogP contribution in [0.15, 0.2) is 0 Å². The third-order valence-electron chi connectivity index (χ3n) is 7.41. The van der Waals surface area contributed by atoms with Gasteiger partial charge in [0.05, 0.1) is 37.1 Å². The lowest BCUT2D eigenvalue weighted by Crippen LogP contribution is -2.58. The first kappa shape index (κ1) is 26.4. The molecule has 3 aliphatic heterocycles. The van der Waals surface area contributed by atoms with Crippen LogP contribution in [-0.2, 0) is 14.2 Å². The van der Waals surface area contributed by atoms with Gasteiger partial charge in [0.1, 0.15) is 0 Å². The maximum absolute atomic E-state index is 6.73. The number of morpholine rings is 3. The summed E-state index contributed by atoms with van der Waals surface area (Å²) in [5.74, 6) is 0. The van der Waals surface area contributed by atoms with Crippen molar-refractivity contribution in [3.8, 4) is 0 Å². The second-order valence-corrected chi connectivity index (χ2v) is 12.7. The summed E-state index contributed by atoms with van der Waals surface area (Å²) in [6, 6.07) is 0.559. The fourth-order valence-corrected chi connectivity index (χ4v) is 5.42. The van der Waals surface area contributed by atoms with Gasteiger partial charge in [-0.2, -0.15) is 0 Å². The third kappa shape index (κ3) is 7.38. The van der Waals surface area contributed by atoms with Crippen LogP contribution < -0.4 is 0 Å². The Morgan fingerprint density at radius 3 is 1.81 bits per heavy atom. The van der Waals surface area contributed by atoms with Gasteiger partial charge in [-0.05, 0) is 62.3 Å². The molecule has 3 aliphatic rings. The highest BCUT2D eigenvalue weighted by Gasteiger charge is 2.38. The molecule has 6 nitrogen and oxygen atoms in total. The molecule has 0 radical (unpaired) electrons. The van der Waals surface area contributed by atoms with E-state index in [1.54, 1.807) is 0 Å². The SMILES string of the molecule is CC1CN(C(C)C)CC(CC2CN(C(C)(C)C)CC(CC3CN(C(C)(C)C)CCO3)O2)O1. The Morgan fingerprint density at radius 1 is 0.719 bits per heavy atom. The van der Waals surface area contributed by atoms with Crippen LogP contribution in [0.1, 0.15) is 75.2 Å². The lowest BCUT2D eigenvalue weighted by atomic mass is 9.97. The van der Waals surface area contributed by atoms with Gasteiger partial charge in [-0.1, -0.05) is 0 Å². The van der Waals surface area contributed by atoms with Crippen LogP contribution in [0, 0.1) is 0 Å². The van der Waals surface area contributed by atoms with Crippen molar-refractivity contribution < 1.29 is 14.2 Å². The van der Waals surface area contributed by atoms with Gasteiger partial charge in [0.15, 0.2) is 0 Å². The number of hydrogen-bond donors (Lipinski definition) is 0. The van der Waals surface area contributed by atoms with Crippen LogP contribution in [0.5, 0.6) is 0 Å². The standard InChI is InChI=1S/C26H51N3O3/c1-19(2)27-14-20(3)31-22(15-27)13-24-18-29(26(7,8)9)17-23(32-24)12-21-16-28(10-11-30-21)25(4,5)6/h19-24H,10-18H2,1-9H3. The first-order chi connectivity index (χ1) is 14.8. The topological polar surface area (TPSA) is 37.4 Å². The first-order valence-corrected chi connectivity index (χ1v) is 13.0. The Hall–Kier alpha value is -0.240. The van der Waals surface area contributed by atoms with Gasteiger partial charge in [-0.15, -0.1) is 0 Å². The fraction of sp³-hybridized carbons (Fsp3) is 1.00. The van der Waals surface area contributed by atoms with Crippen molar-refractivity contribution in [2.24, 2.45) is 0 Å². The second-order valence-electron chi connectivity index (χ2n) is 12.7. The van der Waals surface area contributed by atoms with E-state index >= 15 is 0 Å². The van der Waals surface area contributed by atoms with Crippen molar-refractivity contribution in [2.75, 3.05) is 45.9 Å². The molecule has 0 amide bonds. The summed E-state index contributed by atoms with van der Waals surface area (Å²) >= 11 is 0. The van der Waals surface area contributed by atoms with Crippen molar-refractivity contribution in [3.05, 3.63) is 0 Å². The van der Waals surface area contributed by atoms with Crippen molar-refractivity contribution in [3.63, 3.8) is 0 Å². The Kier molecular flexibility index (Phi) is 8.71. The zero-order valence-electron chi connectivity index (χ0n) is 22.4. The van der Waals surface area contributed by atoms with E-state index in [0.29, 0.717) is 6.04 Å². The predicted octanol–water partition coefficient (Wildman–Crippen LogP) is 3.63. The van der Waals surface area contributed by atoms with Crippen molar-refractivity contribution in [2.45, 2.75) is 123 Å². The van der Waals surface area contributed by atoms with Crippen LogP contribution in [0.4, 0.5) is 0 Å². The van der Waals surface area contributed by atoms with Crippen molar-refractivity contribution in [1.29, 1.82) is 0 Å². The Morgan fingerprint density at radius 2 is 1.25 bits per heavy atom. The van der Waals surface area contributed by atoms with Gasteiger partial charge in [0.25, 0.3) is 0 Å². The molecule has 0 spiro atoms. The van der Waals surface area contributed by atoms with E-state index in [0.717, 1.165) is 58.7 Å². The third-order valence-corrected chi connectivity index (χ3v) is 7.41. The van der Waals surface area contributed by atoms with Crippen LogP contribution in [0.2, 0.25) is 0 Å². The van der Waals surface area contributed by atoms with Crippen LogP contribution in [0.3, 0.4) is 0 Å². The maximum Gasteiger partial charge on any atom is 0.0731 e. The lowest BCUT2D eigenvalue weighted by molar-refractivity contribution is -0.159. The minimum absolute atomic E-state index is 0.135. The lowest BCUT2D eigenvalue weighted by Gasteiger charge is -2.48. The van der Waals surface area contributed by atoms with E-state index in [4.69, 9.17) is 14.2 Å². The van der Waals surface area contributed by atoms with Gasteiger partial charge >= 0.3 is 0 Å². The van der Waals surface area contributed by atoms with Gasteiger partial charge in [-0.3, -0.25) is 14.7 Å². The highest BCUT2D eigenvalue weighted by atomic mass is 16.5. The number of rotatable bonds is 5. The molecule has 0 bridgehead atoms. The van der Waals surface area contributed by atoms with Gasteiger partial charge in [0, 0.05) is 69.2 Å². The molecule has 0 aromatic rings. The molecular formula is C26H51N3O3. The average molecular weight is 454 g/mol. The molecule has 188 valence electrons. The minimum atomic E-state index is 0.135. The van der Waals surface area contributed by atoms with E-state index in [2.05, 4.69) is 77.0 Å². The largest absolute Gasteiger partial charge is 0.375 e. The van der Waals surface area contributed by atoms with Crippen LogP contribution >= 0.6 is 0 Å². The highest BCUT2D eigenvalue weighted by Crippen LogP contribution is 2.28. The molecule has 3 fully saturated rings. The molecule has 0 N–H and O–H groups in total. The zero-order valence-corrected chi connectivity index (χ0v) is 22.4. The quantitative estimate of drug-likeness (QED) is 0.633. The number of nitrogens with zero attached hydrogens (tertiary/aromatic N) is 3. The first-order valence-electron chi connectivity index (χ1n) is 13.0. The molecule has 6 heteroatoms. The molecule has 3 rings (SSSR count). The summed E-state index contributed by atoms with van der Waals surface area (Å²) < 4.78 is 19.3. The van der Waals surface area contributed by atoms with Crippen LogP contribution in [-0.4, -0.2) is 108 Å². The summed E-state index contributed by atoms with van der Waals surface area (Å²) in [6.45, 7) is 27.5. The van der Waals surface area contributed by atoms with E-state index in [-0.39, 0.29) is 41.6 Å². The Balaban J connectivity index is 1.63. The summed E-state index contributed by atoms with van der Waals surface area (Å²) in [7, 11) is 0. The molecule has 3 heterocycles. The van der Waals surface area contributed by atoms with Gasteiger partial charge in [-0.25, -0.2) is 0 Å². The molecule has 0 aliphatic carbocycles. The smallest absolute Gasteiger partial charge is 0.0731 e. The predicted molar refractivity (Wildman–Crippen MR) is 131 cm³/mol. The Labute approximate surface area is 197 Å². The summed E-state index contributed by atoms with van der Waals surface area (Å²) in [5, 5.41) is 0. The maximum atomic E-state index is 6.73. The number of hydrogen-bond acceptors (Lipinski definition) is 6. The molecule has 5 atom stereocenters. The van der Waals surface area contributed by atoms with Gasteiger partial charge < -0.3 is 14.2 Å². The molecule has 0 aromatic heterocycles. The Bertz CT molecular complexity index is 586. The van der Waals surface area contributed by atoms with E-state index in [1.165, 1.54) is 0 Å². The molecule has 5 unspecified atom stereocenters.